The normalized spacial score (nSPS) is 36.9. The van der Waals surface area contributed by atoms with Crippen LogP contribution in [0.3, 0.4) is 0 Å². The van der Waals surface area contributed by atoms with Crippen LogP contribution in [0.15, 0.2) is 15.9 Å². The summed E-state index contributed by atoms with van der Waals surface area (Å²) in [7, 11) is 0. The minimum atomic E-state index is 0.313. The van der Waals surface area contributed by atoms with E-state index in [4.69, 9.17) is 5.73 Å². The topological polar surface area (TPSA) is 26.0 Å². The van der Waals surface area contributed by atoms with Crippen LogP contribution in [0.25, 0.3) is 0 Å². The van der Waals surface area contributed by atoms with Gasteiger partial charge in [-0.2, -0.15) is 0 Å². The van der Waals surface area contributed by atoms with E-state index in [2.05, 4.69) is 41.2 Å². The van der Waals surface area contributed by atoms with Crippen molar-refractivity contribution < 1.29 is 0 Å². The third kappa shape index (κ3) is 1.37. The Balaban J connectivity index is 2.26. The standard InChI is InChI=1S/C11H16BrNS/c1-3-11(2)7(6-9(11)13)10-8(12)4-5-14-10/h4-5,7,9H,3,6,13H2,1-2H3. The molecule has 0 bridgehead atoms. The summed E-state index contributed by atoms with van der Waals surface area (Å²) in [6.45, 7) is 4.56. The van der Waals surface area contributed by atoms with E-state index in [-0.39, 0.29) is 0 Å². The number of halogens is 1. The zero-order valence-corrected chi connectivity index (χ0v) is 11.0. The Hall–Kier alpha value is 0.140. The van der Waals surface area contributed by atoms with Gasteiger partial charge < -0.3 is 5.73 Å². The second kappa shape index (κ2) is 3.62. The van der Waals surface area contributed by atoms with Crippen molar-refractivity contribution in [1.82, 2.24) is 0 Å². The summed E-state index contributed by atoms with van der Waals surface area (Å²) in [5.41, 5.74) is 6.42. The van der Waals surface area contributed by atoms with Gasteiger partial charge in [-0.1, -0.05) is 13.8 Å². The number of hydrogen-bond donors (Lipinski definition) is 1. The Bertz CT molecular complexity index is 336. The van der Waals surface area contributed by atoms with Crippen molar-refractivity contribution in [3.8, 4) is 0 Å². The molecule has 0 saturated heterocycles. The first-order valence-electron chi connectivity index (χ1n) is 5.08. The molecule has 1 nitrogen and oxygen atoms in total. The molecule has 1 saturated carbocycles. The van der Waals surface area contributed by atoms with E-state index in [1.807, 2.05) is 11.3 Å². The van der Waals surface area contributed by atoms with Crippen LogP contribution in [0.1, 0.15) is 37.5 Å². The molecule has 0 amide bonds. The van der Waals surface area contributed by atoms with Crippen LogP contribution in [0, 0.1) is 5.41 Å². The highest BCUT2D eigenvalue weighted by molar-refractivity contribution is 9.10. The zero-order valence-electron chi connectivity index (χ0n) is 8.59. The van der Waals surface area contributed by atoms with Gasteiger partial charge in [0, 0.05) is 21.3 Å². The van der Waals surface area contributed by atoms with E-state index < -0.39 is 0 Å². The lowest BCUT2D eigenvalue weighted by molar-refractivity contribution is 0.0724. The van der Waals surface area contributed by atoms with Gasteiger partial charge in [0.25, 0.3) is 0 Å². The quantitative estimate of drug-likeness (QED) is 0.873. The molecule has 1 aromatic heterocycles. The van der Waals surface area contributed by atoms with Crippen LogP contribution < -0.4 is 5.73 Å². The molecule has 1 aliphatic rings. The van der Waals surface area contributed by atoms with Gasteiger partial charge in [-0.05, 0) is 45.6 Å². The molecule has 78 valence electrons. The van der Waals surface area contributed by atoms with Gasteiger partial charge in [0.1, 0.15) is 0 Å². The lowest BCUT2D eigenvalue weighted by atomic mass is 9.56. The molecule has 3 heteroatoms. The molecule has 1 heterocycles. The van der Waals surface area contributed by atoms with E-state index in [1.165, 1.54) is 15.8 Å². The minimum Gasteiger partial charge on any atom is -0.327 e. The van der Waals surface area contributed by atoms with Crippen molar-refractivity contribution in [3.05, 3.63) is 20.8 Å². The number of nitrogens with two attached hydrogens (primary N) is 1. The van der Waals surface area contributed by atoms with Crippen molar-refractivity contribution in [3.63, 3.8) is 0 Å². The molecule has 1 fully saturated rings. The van der Waals surface area contributed by atoms with Crippen molar-refractivity contribution >= 4 is 27.3 Å². The molecule has 14 heavy (non-hydrogen) atoms. The number of thiophene rings is 1. The van der Waals surface area contributed by atoms with Crippen LogP contribution in [0.4, 0.5) is 0 Å². The van der Waals surface area contributed by atoms with Gasteiger partial charge >= 0.3 is 0 Å². The highest BCUT2D eigenvalue weighted by Crippen LogP contribution is 2.56. The van der Waals surface area contributed by atoms with Crippen LogP contribution in [-0.2, 0) is 0 Å². The zero-order chi connectivity index (χ0) is 10.3. The minimum absolute atomic E-state index is 0.313. The average molecular weight is 274 g/mol. The highest BCUT2D eigenvalue weighted by Gasteiger charge is 2.49. The molecule has 0 radical (unpaired) electrons. The summed E-state index contributed by atoms with van der Waals surface area (Å²) in [5, 5.41) is 2.15. The molecule has 0 aliphatic heterocycles. The van der Waals surface area contributed by atoms with Crippen LogP contribution in [0.5, 0.6) is 0 Å². The maximum atomic E-state index is 6.10. The van der Waals surface area contributed by atoms with Gasteiger partial charge in [0.15, 0.2) is 0 Å². The Morgan fingerprint density at radius 3 is 2.86 bits per heavy atom. The van der Waals surface area contributed by atoms with Crippen molar-refractivity contribution in [1.29, 1.82) is 0 Å². The second-order valence-electron chi connectivity index (χ2n) is 4.39. The molecular formula is C11H16BrNS. The summed E-state index contributed by atoms with van der Waals surface area (Å²) in [4.78, 5) is 1.48. The Morgan fingerprint density at radius 2 is 2.43 bits per heavy atom. The molecule has 0 spiro atoms. The third-order valence-electron chi connectivity index (χ3n) is 3.86. The maximum absolute atomic E-state index is 6.10. The van der Waals surface area contributed by atoms with E-state index in [0.29, 0.717) is 17.4 Å². The first-order valence-corrected chi connectivity index (χ1v) is 6.75. The Kier molecular flexibility index (Phi) is 2.75. The van der Waals surface area contributed by atoms with Gasteiger partial charge in [-0.25, -0.2) is 0 Å². The number of hydrogen-bond acceptors (Lipinski definition) is 2. The smallest absolute Gasteiger partial charge is 0.0317 e. The van der Waals surface area contributed by atoms with E-state index >= 15 is 0 Å². The van der Waals surface area contributed by atoms with Crippen molar-refractivity contribution in [2.24, 2.45) is 11.1 Å². The first kappa shape index (κ1) is 10.7. The molecule has 3 unspecified atom stereocenters. The highest BCUT2D eigenvalue weighted by atomic mass is 79.9. The lowest BCUT2D eigenvalue weighted by Crippen LogP contribution is -2.54. The Morgan fingerprint density at radius 1 is 1.71 bits per heavy atom. The summed E-state index contributed by atoms with van der Waals surface area (Å²) < 4.78 is 1.26. The van der Waals surface area contributed by atoms with Gasteiger partial charge in [-0.15, -0.1) is 11.3 Å². The van der Waals surface area contributed by atoms with Gasteiger partial charge in [0.2, 0.25) is 0 Å². The van der Waals surface area contributed by atoms with E-state index in [9.17, 15) is 0 Å². The molecule has 3 atom stereocenters. The van der Waals surface area contributed by atoms with Gasteiger partial charge in [-0.3, -0.25) is 0 Å². The van der Waals surface area contributed by atoms with Crippen LogP contribution in [0.2, 0.25) is 0 Å². The molecule has 2 N–H and O–H groups in total. The lowest BCUT2D eigenvalue weighted by Gasteiger charge is -2.52. The summed E-state index contributed by atoms with van der Waals surface area (Å²) in [6.07, 6.45) is 2.31. The van der Waals surface area contributed by atoms with E-state index in [0.717, 1.165) is 6.42 Å². The predicted octanol–water partition coefficient (Wildman–Crippen LogP) is 3.74. The first-order chi connectivity index (χ1) is 6.59. The number of rotatable bonds is 2. The molecule has 2 rings (SSSR count). The SMILES string of the molecule is CCC1(C)C(N)CC1c1sccc1Br. The molecule has 1 aromatic rings. The molecular weight excluding hydrogens is 258 g/mol. The molecule has 1 aliphatic carbocycles. The van der Waals surface area contributed by atoms with Gasteiger partial charge in [0.05, 0.1) is 0 Å². The largest absolute Gasteiger partial charge is 0.327 e. The summed E-state index contributed by atoms with van der Waals surface area (Å²) >= 11 is 5.46. The summed E-state index contributed by atoms with van der Waals surface area (Å²) in [6, 6.07) is 2.52. The van der Waals surface area contributed by atoms with Crippen LogP contribution in [-0.4, -0.2) is 6.04 Å². The summed E-state index contributed by atoms with van der Waals surface area (Å²) in [5.74, 6) is 0.664. The predicted molar refractivity (Wildman–Crippen MR) is 65.8 cm³/mol. The fourth-order valence-corrected chi connectivity index (χ4v) is 4.28. The average Bonchev–Trinajstić information content (AvgIpc) is 2.59. The van der Waals surface area contributed by atoms with Crippen molar-refractivity contribution in [2.75, 3.05) is 0 Å². The van der Waals surface area contributed by atoms with Crippen LogP contribution >= 0.6 is 27.3 Å². The Labute approximate surface area is 97.8 Å². The molecule has 0 aromatic carbocycles. The maximum Gasteiger partial charge on any atom is 0.0317 e. The third-order valence-corrected chi connectivity index (χ3v) is 5.84. The van der Waals surface area contributed by atoms with Crippen molar-refractivity contribution in [2.45, 2.75) is 38.6 Å². The fourth-order valence-electron chi connectivity index (χ4n) is 2.36. The fraction of sp³-hybridized carbons (Fsp3) is 0.636. The van der Waals surface area contributed by atoms with E-state index in [1.54, 1.807) is 0 Å². The second-order valence-corrected chi connectivity index (χ2v) is 6.19. The monoisotopic (exact) mass is 273 g/mol.